The number of nitrogen functional groups attached to an aromatic ring is 1. The normalized spacial score (nSPS) is 10.3. The number of benzene rings is 2. The van der Waals surface area contributed by atoms with Gasteiger partial charge in [0, 0.05) is 16.9 Å². The number of anilines is 3. The van der Waals surface area contributed by atoms with Crippen molar-refractivity contribution in [1.82, 2.24) is 0 Å². The molecule has 2 rings (SSSR count). The molecule has 0 aromatic heterocycles. The van der Waals surface area contributed by atoms with Crippen molar-refractivity contribution in [1.29, 1.82) is 0 Å². The Morgan fingerprint density at radius 2 is 2.10 bits per heavy atom. The number of carbonyl (C=O) groups is 1. The Labute approximate surface area is 120 Å². The molecule has 104 valence electrons. The van der Waals surface area contributed by atoms with Gasteiger partial charge in [-0.05, 0) is 31.2 Å². The Morgan fingerprint density at radius 1 is 1.40 bits per heavy atom. The third kappa shape index (κ3) is 2.67. The highest BCUT2D eigenvalue weighted by Crippen LogP contribution is 2.33. The largest absolute Gasteiger partial charge is 0.478 e. The first-order chi connectivity index (χ1) is 9.40. The van der Waals surface area contributed by atoms with Crippen LogP contribution in [0, 0.1) is 12.7 Å². The Morgan fingerprint density at radius 3 is 2.75 bits per heavy atom. The van der Waals surface area contributed by atoms with Gasteiger partial charge >= 0.3 is 5.97 Å². The van der Waals surface area contributed by atoms with E-state index in [0.717, 1.165) is 0 Å². The molecule has 0 aliphatic carbocycles. The molecule has 0 fully saturated rings. The van der Waals surface area contributed by atoms with Gasteiger partial charge < -0.3 is 16.2 Å². The SMILES string of the molecule is Cc1c(F)cccc1Nc1c(Cl)cc(N)cc1C(=O)O. The van der Waals surface area contributed by atoms with E-state index in [0.29, 0.717) is 11.3 Å². The maximum atomic E-state index is 13.5. The third-order valence-electron chi connectivity index (χ3n) is 2.87. The predicted molar refractivity (Wildman–Crippen MR) is 77.2 cm³/mol. The lowest BCUT2D eigenvalue weighted by Crippen LogP contribution is -2.06. The van der Waals surface area contributed by atoms with Crippen LogP contribution in [-0.2, 0) is 0 Å². The number of hydrogen-bond acceptors (Lipinski definition) is 3. The molecule has 0 saturated carbocycles. The summed E-state index contributed by atoms with van der Waals surface area (Å²) in [7, 11) is 0. The summed E-state index contributed by atoms with van der Waals surface area (Å²) in [5, 5.41) is 12.2. The van der Waals surface area contributed by atoms with Gasteiger partial charge in [-0.25, -0.2) is 9.18 Å². The summed E-state index contributed by atoms with van der Waals surface area (Å²) in [5.74, 6) is -1.56. The van der Waals surface area contributed by atoms with Crippen molar-refractivity contribution in [3.8, 4) is 0 Å². The minimum atomic E-state index is -1.17. The molecule has 4 nitrogen and oxygen atoms in total. The van der Waals surface area contributed by atoms with Gasteiger partial charge in [0.05, 0.1) is 16.3 Å². The summed E-state index contributed by atoms with van der Waals surface area (Å²) in [4.78, 5) is 11.2. The van der Waals surface area contributed by atoms with Gasteiger partial charge in [-0.1, -0.05) is 17.7 Å². The molecule has 2 aromatic rings. The zero-order valence-corrected chi connectivity index (χ0v) is 11.3. The summed E-state index contributed by atoms with van der Waals surface area (Å²) in [6.07, 6.45) is 0. The standard InChI is InChI=1S/C14H12ClFN2O2/c1-7-11(16)3-2-4-12(7)18-13-9(14(19)20)5-8(17)6-10(13)15/h2-6,18H,17H2,1H3,(H,19,20). The van der Waals surface area contributed by atoms with Gasteiger partial charge in [-0.3, -0.25) is 0 Å². The second-order valence-electron chi connectivity index (χ2n) is 4.27. The van der Waals surface area contributed by atoms with Crippen molar-refractivity contribution in [2.24, 2.45) is 0 Å². The van der Waals surface area contributed by atoms with Crippen molar-refractivity contribution in [3.63, 3.8) is 0 Å². The molecule has 0 amide bonds. The highest BCUT2D eigenvalue weighted by molar-refractivity contribution is 6.34. The Kier molecular flexibility index (Phi) is 3.81. The minimum Gasteiger partial charge on any atom is -0.478 e. The molecule has 0 aliphatic rings. The number of nitrogens with two attached hydrogens (primary N) is 1. The summed E-state index contributed by atoms with van der Waals surface area (Å²) < 4.78 is 13.5. The van der Waals surface area contributed by atoms with E-state index in [1.165, 1.54) is 24.3 Å². The Balaban J connectivity index is 2.53. The molecule has 0 saturated heterocycles. The molecule has 4 N–H and O–H groups in total. The van der Waals surface area contributed by atoms with E-state index in [1.807, 2.05) is 0 Å². The number of halogens is 2. The number of carboxylic acid groups (broad SMARTS) is 1. The van der Waals surface area contributed by atoms with Crippen LogP contribution in [0.3, 0.4) is 0 Å². The van der Waals surface area contributed by atoms with Crippen LogP contribution in [0.2, 0.25) is 5.02 Å². The van der Waals surface area contributed by atoms with E-state index in [9.17, 15) is 14.3 Å². The molecule has 2 aromatic carbocycles. The Bertz CT molecular complexity index is 689. The number of rotatable bonds is 3. The van der Waals surface area contributed by atoms with Crippen LogP contribution in [-0.4, -0.2) is 11.1 Å². The Hall–Kier alpha value is -2.27. The van der Waals surface area contributed by atoms with Gasteiger partial charge in [0.1, 0.15) is 5.82 Å². The maximum Gasteiger partial charge on any atom is 0.337 e. The summed E-state index contributed by atoms with van der Waals surface area (Å²) >= 11 is 6.02. The molecule has 20 heavy (non-hydrogen) atoms. The fourth-order valence-electron chi connectivity index (χ4n) is 1.80. The quantitative estimate of drug-likeness (QED) is 0.752. The van der Waals surface area contributed by atoms with Crippen molar-refractivity contribution in [2.45, 2.75) is 6.92 Å². The van der Waals surface area contributed by atoms with Crippen LogP contribution in [0.5, 0.6) is 0 Å². The average Bonchev–Trinajstić information content (AvgIpc) is 2.37. The fourth-order valence-corrected chi connectivity index (χ4v) is 2.08. The van der Waals surface area contributed by atoms with Crippen LogP contribution in [0.1, 0.15) is 15.9 Å². The second kappa shape index (κ2) is 5.38. The van der Waals surface area contributed by atoms with Gasteiger partial charge in [0.15, 0.2) is 0 Å². The molecule has 0 bridgehead atoms. The van der Waals surface area contributed by atoms with Crippen molar-refractivity contribution in [2.75, 3.05) is 11.1 Å². The first kappa shape index (κ1) is 14.1. The molecule has 0 heterocycles. The van der Waals surface area contributed by atoms with Crippen LogP contribution in [0.4, 0.5) is 21.5 Å². The zero-order chi connectivity index (χ0) is 14.9. The van der Waals surface area contributed by atoms with Crippen molar-refractivity contribution < 1.29 is 14.3 Å². The van der Waals surface area contributed by atoms with Crippen molar-refractivity contribution in [3.05, 3.63) is 52.3 Å². The first-order valence-electron chi connectivity index (χ1n) is 5.74. The van der Waals surface area contributed by atoms with Crippen LogP contribution in [0.25, 0.3) is 0 Å². The molecule has 0 radical (unpaired) electrons. The highest BCUT2D eigenvalue weighted by atomic mass is 35.5. The summed E-state index contributed by atoms with van der Waals surface area (Å²) in [6.45, 7) is 1.59. The van der Waals surface area contributed by atoms with Gasteiger partial charge in [-0.15, -0.1) is 0 Å². The molecule has 6 heteroatoms. The summed E-state index contributed by atoms with van der Waals surface area (Å²) in [6, 6.07) is 7.21. The topological polar surface area (TPSA) is 75.3 Å². The third-order valence-corrected chi connectivity index (χ3v) is 3.17. The number of nitrogens with one attached hydrogen (secondary N) is 1. The molecular weight excluding hydrogens is 283 g/mol. The van der Waals surface area contributed by atoms with Crippen molar-refractivity contribution >= 4 is 34.6 Å². The van der Waals surface area contributed by atoms with Gasteiger partial charge in [0.25, 0.3) is 0 Å². The lowest BCUT2D eigenvalue weighted by Gasteiger charge is -2.14. The number of hydrogen-bond donors (Lipinski definition) is 3. The van der Waals surface area contributed by atoms with E-state index in [4.69, 9.17) is 17.3 Å². The smallest absolute Gasteiger partial charge is 0.337 e. The molecule has 0 spiro atoms. The van der Waals surface area contributed by atoms with E-state index in [2.05, 4.69) is 5.32 Å². The second-order valence-corrected chi connectivity index (χ2v) is 4.68. The maximum absolute atomic E-state index is 13.5. The van der Waals surface area contributed by atoms with Crippen LogP contribution in [0.15, 0.2) is 30.3 Å². The number of carboxylic acids is 1. The predicted octanol–water partition coefficient (Wildman–Crippen LogP) is 3.81. The monoisotopic (exact) mass is 294 g/mol. The molecular formula is C14H12ClFN2O2. The molecule has 0 unspecified atom stereocenters. The highest BCUT2D eigenvalue weighted by Gasteiger charge is 2.16. The van der Waals surface area contributed by atoms with E-state index in [1.54, 1.807) is 13.0 Å². The first-order valence-corrected chi connectivity index (χ1v) is 6.12. The summed E-state index contributed by atoms with van der Waals surface area (Å²) in [5.41, 5.74) is 6.75. The fraction of sp³-hybridized carbons (Fsp3) is 0.0714. The number of aromatic carboxylic acids is 1. The van der Waals surface area contributed by atoms with Gasteiger partial charge in [-0.2, -0.15) is 0 Å². The molecule has 0 aliphatic heterocycles. The average molecular weight is 295 g/mol. The minimum absolute atomic E-state index is 0.0707. The van der Waals surface area contributed by atoms with E-state index < -0.39 is 11.8 Å². The van der Waals surface area contributed by atoms with Crippen LogP contribution < -0.4 is 11.1 Å². The zero-order valence-electron chi connectivity index (χ0n) is 10.6. The molecule has 0 atom stereocenters. The van der Waals surface area contributed by atoms with E-state index in [-0.39, 0.29) is 22.0 Å². The van der Waals surface area contributed by atoms with Crippen LogP contribution >= 0.6 is 11.6 Å². The van der Waals surface area contributed by atoms with Gasteiger partial charge in [0.2, 0.25) is 0 Å². The van der Waals surface area contributed by atoms with E-state index >= 15 is 0 Å². The lowest BCUT2D eigenvalue weighted by molar-refractivity contribution is 0.0698. The lowest BCUT2D eigenvalue weighted by atomic mass is 10.1.